The van der Waals surface area contributed by atoms with E-state index < -0.39 is 8.07 Å². The third-order valence-corrected chi connectivity index (χ3v) is 2.21. The van der Waals surface area contributed by atoms with Crippen molar-refractivity contribution in [1.82, 2.24) is 9.97 Å². The first-order valence-corrected chi connectivity index (χ1v) is 7.76. The van der Waals surface area contributed by atoms with Crippen LogP contribution in [0.4, 0.5) is 0 Å². The van der Waals surface area contributed by atoms with Crippen LogP contribution in [0.15, 0.2) is 12.4 Å². The molecule has 14 heavy (non-hydrogen) atoms. The minimum Gasteiger partial charge on any atom is -0.226 e. The van der Waals surface area contributed by atoms with Crippen LogP contribution in [0.25, 0.3) is 0 Å². The van der Waals surface area contributed by atoms with E-state index in [0.717, 1.165) is 5.56 Å². The molecule has 0 saturated carbocycles. The molecule has 1 aromatic heterocycles. The molecule has 3 nitrogen and oxygen atoms in total. The zero-order chi connectivity index (χ0) is 10.6. The molecule has 1 heterocycles. The van der Waals surface area contributed by atoms with Gasteiger partial charge in [0.15, 0.2) is 0 Å². The van der Waals surface area contributed by atoms with Crippen LogP contribution < -0.4 is 0 Å². The number of nitriles is 1. The van der Waals surface area contributed by atoms with Gasteiger partial charge in [-0.05, 0) is 0 Å². The lowest BCUT2D eigenvalue weighted by atomic mass is 10.4. The average Bonchev–Trinajstić information content (AvgIpc) is 2.14. The Morgan fingerprint density at radius 3 is 2.21 bits per heavy atom. The number of rotatable bonds is 0. The van der Waals surface area contributed by atoms with Crippen molar-refractivity contribution in [3.8, 4) is 17.5 Å². The lowest BCUT2D eigenvalue weighted by Crippen LogP contribution is -2.16. The van der Waals surface area contributed by atoms with E-state index in [2.05, 4.69) is 41.1 Å². The fraction of sp³-hybridized carbons (Fsp3) is 0.300. The highest BCUT2D eigenvalue weighted by atomic mass is 28.3. The highest BCUT2D eigenvalue weighted by Crippen LogP contribution is 1.99. The molecule has 0 unspecified atom stereocenters. The van der Waals surface area contributed by atoms with E-state index in [1.165, 1.54) is 0 Å². The summed E-state index contributed by atoms with van der Waals surface area (Å²) < 4.78 is 0. The predicted octanol–water partition coefficient (Wildman–Crippen LogP) is 1.58. The van der Waals surface area contributed by atoms with Gasteiger partial charge in [0.2, 0.25) is 5.82 Å². The van der Waals surface area contributed by atoms with Crippen molar-refractivity contribution >= 4 is 8.07 Å². The third kappa shape index (κ3) is 3.38. The number of nitrogens with zero attached hydrogens (tertiary/aromatic N) is 3. The minimum atomic E-state index is -1.34. The molecule has 1 aromatic rings. The highest BCUT2D eigenvalue weighted by molar-refractivity contribution is 6.83. The van der Waals surface area contributed by atoms with E-state index in [4.69, 9.17) is 5.26 Å². The van der Waals surface area contributed by atoms with Crippen LogP contribution in [0.1, 0.15) is 11.4 Å². The maximum atomic E-state index is 8.48. The second kappa shape index (κ2) is 4.04. The Kier molecular flexibility index (Phi) is 3.01. The van der Waals surface area contributed by atoms with Crippen molar-refractivity contribution in [3.63, 3.8) is 0 Å². The summed E-state index contributed by atoms with van der Waals surface area (Å²) in [5.74, 6) is 3.20. The van der Waals surface area contributed by atoms with Gasteiger partial charge < -0.3 is 0 Å². The molecule has 0 bridgehead atoms. The molecule has 1 rings (SSSR count). The van der Waals surface area contributed by atoms with Gasteiger partial charge in [0, 0.05) is 12.4 Å². The predicted molar refractivity (Wildman–Crippen MR) is 57.0 cm³/mol. The molecule has 0 saturated heterocycles. The molecule has 0 aliphatic carbocycles. The summed E-state index contributed by atoms with van der Waals surface area (Å²) in [6, 6.07) is 1.86. The van der Waals surface area contributed by atoms with E-state index in [1.54, 1.807) is 12.4 Å². The van der Waals surface area contributed by atoms with Crippen molar-refractivity contribution in [3.05, 3.63) is 23.8 Å². The van der Waals surface area contributed by atoms with E-state index in [9.17, 15) is 0 Å². The fourth-order valence-corrected chi connectivity index (χ4v) is 1.23. The quantitative estimate of drug-likeness (QED) is 0.473. The molecular weight excluding hydrogens is 190 g/mol. The largest absolute Gasteiger partial charge is 0.232 e. The first-order valence-electron chi connectivity index (χ1n) is 4.26. The topological polar surface area (TPSA) is 49.6 Å². The molecule has 0 radical (unpaired) electrons. The molecule has 0 fully saturated rings. The van der Waals surface area contributed by atoms with Crippen molar-refractivity contribution in [2.45, 2.75) is 19.6 Å². The van der Waals surface area contributed by atoms with Crippen LogP contribution in [-0.2, 0) is 0 Å². The molecule has 70 valence electrons. The van der Waals surface area contributed by atoms with Gasteiger partial charge in [-0.3, -0.25) is 0 Å². The van der Waals surface area contributed by atoms with Gasteiger partial charge in [-0.25, -0.2) is 9.97 Å². The van der Waals surface area contributed by atoms with Gasteiger partial charge >= 0.3 is 0 Å². The van der Waals surface area contributed by atoms with E-state index in [1.807, 2.05) is 6.07 Å². The molecule has 4 heteroatoms. The Morgan fingerprint density at radius 2 is 1.79 bits per heavy atom. The Bertz CT molecular complexity index is 412. The van der Waals surface area contributed by atoms with Gasteiger partial charge in [-0.1, -0.05) is 25.6 Å². The first kappa shape index (κ1) is 10.4. The van der Waals surface area contributed by atoms with Crippen LogP contribution in [0.3, 0.4) is 0 Å². The van der Waals surface area contributed by atoms with Gasteiger partial charge in [0.05, 0.1) is 5.56 Å². The third-order valence-electron chi connectivity index (χ3n) is 1.33. The molecule has 0 N–H and O–H groups in total. The van der Waals surface area contributed by atoms with Crippen LogP contribution in [0.2, 0.25) is 19.6 Å². The zero-order valence-electron chi connectivity index (χ0n) is 8.50. The lowest BCUT2D eigenvalue weighted by molar-refractivity contribution is 1.10. The monoisotopic (exact) mass is 201 g/mol. The van der Waals surface area contributed by atoms with Crippen LogP contribution in [0, 0.1) is 22.8 Å². The molecule has 0 aliphatic heterocycles. The second-order valence-corrected chi connectivity index (χ2v) is 8.66. The summed E-state index contributed by atoms with van der Waals surface area (Å²) in [6.07, 6.45) is 3.16. The Hall–Kier alpha value is -1.65. The summed E-state index contributed by atoms with van der Waals surface area (Å²) >= 11 is 0. The fourth-order valence-electron chi connectivity index (χ4n) is 0.710. The van der Waals surface area contributed by atoms with E-state index in [-0.39, 0.29) is 5.82 Å². The van der Waals surface area contributed by atoms with Crippen molar-refractivity contribution in [1.29, 1.82) is 5.26 Å². The summed E-state index contributed by atoms with van der Waals surface area (Å²) in [5.41, 5.74) is 3.97. The maximum absolute atomic E-state index is 8.48. The maximum Gasteiger partial charge on any atom is 0.232 e. The summed E-state index contributed by atoms with van der Waals surface area (Å²) in [5, 5.41) is 8.48. The number of hydrogen-bond acceptors (Lipinski definition) is 3. The summed E-state index contributed by atoms with van der Waals surface area (Å²) in [7, 11) is -1.34. The molecular formula is C10H11N3Si. The van der Waals surface area contributed by atoms with Gasteiger partial charge in [0.1, 0.15) is 14.1 Å². The highest BCUT2D eigenvalue weighted by Gasteiger charge is 2.07. The van der Waals surface area contributed by atoms with Crippen LogP contribution in [0.5, 0.6) is 0 Å². The van der Waals surface area contributed by atoms with E-state index >= 15 is 0 Å². The smallest absolute Gasteiger partial charge is 0.226 e. The minimum absolute atomic E-state index is 0.184. The SMILES string of the molecule is C[Si](C)(C)C#Cc1cnc(C#N)nc1. The summed E-state index contributed by atoms with van der Waals surface area (Å²) in [6.45, 7) is 6.51. The zero-order valence-corrected chi connectivity index (χ0v) is 9.50. The molecule has 0 amide bonds. The molecule has 0 spiro atoms. The van der Waals surface area contributed by atoms with E-state index in [0.29, 0.717) is 0 Å². The number of hydrogen-bond donors (Lipinski definition) is 0. The van der Waals surface area contributed by atoms with Gasteiger partial charge in [-0.15, -0.1) is 5.54 Å². The Labute approximate surface area is 84.8 Å². The normalized spacial score (nSPS) is 9.86. The second-order valence-electron chi connectivity index (χ2n) is 3.91. The standard InChI is InChI=1S/C10H11N3Si/c1-14(2,3)5-4-9-7-12-10(6-11)13-8-9/h7-8H,1-3H3. The van der Waals surface area contributed by atoms with Crippen molar-refractivity contribution in [2.24, 2.45) is 0 Å². The van der Waals surface area contributed by atoms with Crippen molar-refractivity contribution in [2.75, 3.05) is 0 Å². The van der Waals surface area contributed by atoms with Crippen LogP contribution in [-0.4, -0.2) is 18.0 Å². The van der Waals surface area contributed by atoms with Crippen molar-refractivity contribution < 1.29 is 0 Å². The Balaban J connectivity index is 2.89. The first-order chi connectivity index (χ1) is 6.51. The number of aromatic nitrogens is 2. The molecule has 0 aromatic carbocycles. The molecule has 0 atom stereocenters. The lowest BCUT2D eigenvalue weighted by Gasteiger charge is -2.02. The van der Waals surface area contributed by atoms with Gasteiger partial charge in [-0.2, -0.15) is 5.26 Å². The Morgan fingerprint density at radius 1 is 1.21 bits per heavy atom. The molecule has 0 aliphatic rings. The average molecular weight is 201 g/mol. The summed E-state index contributed by atoms with van der Waals surface area (Å²) in [4.78, 5) is 7.68. The van der Waals surface area contributed by atoms with Gasteiger partial charge in [0.25, 0.3) is 0 Å². The van der Waals surface area contributed by atoms with Crippen LogP contribution >= 0.6 is 0 Å².